The summed E-state index contributed by atoms with van der Waals surface area (Å²) >= 11 is 12.4. The van der Waals surface area contributed by atoms with Gasteiger partial charge in [-0.25, -0.2) is 0 Å². The molecule has 2 N–H and O–H groups in total. The molecule has 0 aliphatic heterocycles. The van der Waals surface area contributed by atoms with Crippen molar-refractivity contribution in [3.8, 4) is 0 Å². The quantitative estimate of drug-likeness (QED) is 0.872. The Balaban J connectivity index is 2.47. The molecule has 0 fully saturated rings. The van der Waals surface area contributed by atoms with Gasteiger partial charge in [0.25, 0.3) is 0 Å². The van der Waals surface area contributed by atoms with Crippen molar-refractivity contribution in [3.63, 3.8) is 0 Å². The van der Waals surface area contributed by atoms with Crippen molar-refractivity contribution >= 4 is 47.0 Å². The number of halogens is 2. The predicted octanol–water partition coefficient (Wildman–Crippen LogP) is 2.22. The average molecular weight is 336 g/mol. The van der Waals surface area contributed by atoms with Crippen molar-refractivity contribution in [2.75, 3.05) is 6.54 Å². The van der Waals surface area contributed by atoms with E-state index in [4.69, 9.17) is 33.6 Å². The summed E-state index contributed by atoms with van der Waals surface area (Å²) in [5.74, 6) is -0.488. The first-order valence-electron chi connectivity index (χ1n) is 6.84. The first-order chi connectivity index (χ1) is 10.4. The first-order valence-corrected chi connectivity index (χ1v) is 7.59. The van der Waals surface area contributed by atoms with Crippen LogP contribution in [-0.4, -0.2) is 19.4 Å². The molecule has 0 aromatic heterocycles. The van der Waals surface area contributed by atoms with Gasteiger partial charge in [-0.1, -0.05) is 47.5 Å². The van der Waals surface area contributed by atoms with E-state index in [0.717, 1.165) is 22.1 Å². The van der Waals surface area contributed by atoms with E-state index in [2.05, 4.69) is 0 Å². The van der Waals surface area contributed by atoms with E-state index in [-0.39, 0.29) is 6.54 Å². The molecule has 22 heavy (non-hydrogen) atoms. The van der Waals surface area contributed by atoms with Crippen molar-refractivity contribution in [1.29, 1.82) is 0 Å². The molecule has 2 aromatic rings. The second kappa shape index (κ2) is 7.18. The molecule has 114 valence electrons. The Morgan fingerprint density at radius 2 is 1.50 bits per heavy atom. The highest BCUT2D eigenvalue weighted by atomic mass is 35.5. The van der Waals surface area contributed by atoms with Crippen LogP contribution in [0, 0.1) is 13.8 Å². The predicted molar refractivity (Wildman–Crippen MR) is 92.5 cm³/mol. The lowest BCUT2D eigenvalue weighted by molar-refractivity contribution is -0.132. The number of rotatable bonds is 4. The molecule has 0 unspecified atom stereocenters. The van der Waals surface area contributed by atoms with Crippen LogP contribution in [0.3, 0.4) is 0 Å². The molecule has 0 amide bonds. The van der Waals surface area contributed by atoms with Crippen molar-refractivity contribution in [2.45, 2.75) is 13.8 Å². The number of hydrogen-bond donors (Lipinski definition) is 1. The van der Waals surface area contributed by atoms with Gasteiger partial charge in [-0.05, 0) is 48.0 Å². The third-order valence-corrected chi connectivity index (χ3v) is 4.23. The topological polar surface area (TPSA) is 52.3 Å². The standard InChI is InChI=1S/C16H16BCl2NO2/c1-10-3-5-12(7-14(10)18)17(22-16(21)9-20)13-6-4-11(2)15(19)8-13/h3-8H,9,20H2,1-2H3. The summed E-state index contributed by atoms with van der Waals surface area (Å²) in [6.07, 6.45) is 0. The maximum atomic E-state index is 11.7. The van der Waals surface area contributed by atoms with Gasteiger partial charge in [0.15, 0.2) is 0 Å². The highest BCUT2D eigenvalue weighted by Crippen LogP contribution is 2.15. The number of aryl methyl sites for hydroxylation is 2. The average Bonchev–Trinajstić information content (AvgIpc) is 2.50. The van der Waals surface area contributed by atoms with Crippen LogP contribution < -0.4 is 16.7 Å². The van der Waals surface area contributed by atoms with Gasteiger partial charge in [-0.3, -0.25) is 4.79 Å². The van der Waals surface area contributed by atoms with Crippen molar-refractivity contribution in [2.24, 2.45) is 5.73 Å². The number of nitrogens with two attached hydrogens (primary N) is 1. The van der Waals surface area contributed by atoms with E-state index in [1.807, 2.05) is 38.1 Å². The minimum absolute atomic E-state index is 0.185. The van der Waals surface area contributed by atoms with Gasteiger partial charge < -0.3 is 10.4 Å². The van der Waals surface area contributed by atoms with E-state index >= 15 is 0 Å². The molecule has 0 saturated heterocycles. The fraction of sp³-hybridized carbons (Fsp3) is 0.188. The molecular weight excluding hydrogens is 320 g/mol. The van der Waals surface area contributed by atoms with E-state index in [1.54, 1.807) is 12.1 Å². The van der Waals surface area contributed by atoms with Crippen LogP contribution in [0.4, 0.5) is 0 Å². The van der Waals surface area contributed by atoms with E-state index in [1.165, 1.54) is 0 Å². The molecule has 0 aliphatic carbocycles. The van der Waals surface area contributed by atoms with Crippen molar-refractivity contribution < 1.29 is 9.45 Å². The van der Waals surface area contributed by atoms with Crippen LogP contribution in [0.15, 0.2) is 36.4 Å². The van der Waals surface area contributed by atoms with Gasteiger partial charge in [0, 0.05) is 10.0 Å². The zero-order chi connectivity index (χ0) is 16.3. The second-order valence-electron chi connectivity index (χ2n) is 5.09. The molecule has 0 atom stereocenters. The SMILES string of the molecule is Cc1ccc(B(OC(=O)CN)c2ccc(C)c(Cl)c2)cc1Cl. The summed E-state index contributed by atoms with van der Waals surface area (Å²) < 4.78 is 5.48. The van der Waals surface area contributed by atoms with Crippen molar-refractivity contribution in [3.05, 3.63) is 57.6 Å². The Hall–Kier alpha value is -1.49. The molecule has 2 rings (SSSR count). The van der Waals surface area contributed by atoms with E-state index < -0.39 is 12.9 Å². The number of carbonyl (C=O) groups excluding carboxylic acids is 1. The Morgan fingerprint density at radius 1 is 1.05 bits per heavy atom. The lowest BCUT2D eigenvalue weighted by Crippen LogP contribution is -2.47. The van der Waals surface area contributed by atoms with E-state index in [9.17, 15) is 4.79 Å². The number of hydrogen-bond acceptors (Lipinski definition) is 3. The van der Waals surface area contributed by atoms with Gasteiger partial charge in [0.1, 0.15) is 0 Å². The summed E-state index contributed by atoms with van der Waals surface area (Å²) in [6, 6.07) is 11.1. The Labute approximate surface area is 140 Å². The molecule has 0 spiro atoms. The van der Waals surface area contributed by atoms with Crippen LogP contribution in [-0.2, 0) is 9.45 Å². The number of carbonyl (C=O) groups is 1. The molecule has 3 nitrogen and oxygen atoms in total. The molecule has 0 saturated carbocycles. The lowest BCUT2D eigenvalue weighted by atomic mass is 9.55. The fourth-order valence-electron chi connectivity index (χ4n) is 2.05. The molecular formula is C16H16BCl2NO2. The van der Waals surface area contributed by atoms with Crippen LogP contribution in [0.5, 0.6) is 0 Å². The summed E-state index contributed by atoms with van der Waals surface area (Å²) in [4.78, 5) is 11.7. The molecule has 0 radical (unpaired) electrons. The first kappa shape index (κ1) is 16.9. The fourth-order valence-corrected chi connectivity index (χ4v) is 2.43. The molecule has 0 bridgehead atoms. The van der Waals surface area contributed by atoms with Gasteiger partial charge in [-0.2, -0.15) is 0 Å². The molecule has 0 aliphatic rings. The number of benzene rings is 2. The Morgan fingerprint density at radius 3 is 1.86 bits per heavy atom. The maximum absolute atomic E-state index is 11.7. The lowest BCUT2D eigenvalue weighted by Gasteiger charge is -2.16. The highest BCUT2D eigenvalue weighted by molar-refractivity contribution is 6.81. The Kier molecular flexibility index (Phi) is 5.51. The van der Waals surface area contributed by atoms with E-state index in [0.29, 0.717) is 10.0 Å². The second-order valence-corrected chi connectivity index (χ2v) is 5.91. The Bertz CT molecular complexity index is 655. The van der Waals surface area contributed by atoms with Gasteiger partial charge in [0.05, 0.1) is 6.54 Å². The highest BCUT2D eigenvalue weighted by Gasteiger charge is 2.26. The van der Waals surface area contributed by atoms with Crippen LogP contribution in [0.25, 0.3) is 0 Å². The zero-order valence-electron chi connectivity index (χ0n) is 12.4. The molecule has 2 aromatic carbocycles. The summed E-state index contributed by atoms with van der Waals surface area (Å²) in [5.41, 5.74) is 8.82. The van der Waals surface area contributed by atoms with Gasteiger partial charge in [-0.15, -0.1) is 0 Å². The van der Waals surface area contributed by atoms with Crippen LogP contribution in [0.1, 0.15) is 11.1 Å². The van der Waals surface area contributed by atoms with Crippen molar-refractivity contribution in [1.82, 2.24) is 0 Å². The van der Waals surface area contributed by atoms with Crippen LogP contribution >= 0.6 is 23.2 Å². The zero-order valence-corrected chi connectivity index (χ0v) is 13.9. The minimum Gasteiger partial charge on any atom is -0.525 e. The summed E-state index contributed by atoms with van der Waals surface area (Å²) in [6.45, 7) is 3.05. The third-order valence-electron chi connectivity index (χ3n) is 3.41. The minimum atomic E-state index is -0.591. The largest absolute Gasteiger partial charge is 0.525 e. The summed E-state index contributed by atoms with van der Waals surface area (Å²) in [7, 11) is 0. The van der Waals surface area contributed by atoms with Gasteiger partial charge in [0.2, 0.25) is 0 Å². The monoisotopic (exact) mass is 335 g/mol. The third kappa shape index (κ3) is 3.83. The normalized spacial score (nSPS) is 10.4. The molecule has 6 heteroatoms. The van der Waals surface area contributed by atoms with Crippen LogP contribution in [0.2, 0.25) is 10.0 Å². The molecule has 0 heterocycles. The van der Waals surface area contributed by atoms with Gasteiger partial charge >= 0.3 is 12.9 Å². The smallest absolute Gasteiger partial charge is 0.429 e. The maximum Gasteiger partial charge on any atom is 0.429 e. The summed E-state index contributed by atoms with van der Waals surface area (Å²) in [5, 5.41) is 1.23.